The van der Waals surface area contributed by atoms with E-state index in [9.17, 15) is 22.8 Å². The standard InChI is InChI=1S/C35H34F3N3O5/c1-2-34(25-14-15-28-29(21-25)45-19-18-44-28)32(42)41(33(43)40-34)16-7-4-8-17-46-31-24(20-23-10-5-3-6-11-23)22-39-30-26(31)12-9-13-27(30)35(36,37)38/h3,5-6,9-15,21-22H,2,4,7-8,16-20H2,1H3,(H,40,43). The number of imide groups is 1. The van der Waals surface area contributed by atoms with Gasteiger partial charge in [-0.15, -0.1) is 0 Å². The van der Waals surface area contributed by atoms with Gasteiger partial charge in [-0.1, -0.05) is 49.4 Å². The molecule has 1 aromatic heterocycles. The molecule has 46 heavy (non-hydrogen) atoms. The number of rotatable bonds is 11. The summed E-state index contributed by atoms with van der Waals surface area (Å²) < 4.78 is 58.7. The molecular formula is C35H34F3N3O5. The summed E-state index contributed by atoms with van der Waals surface area (Å²) in [5, 5.41) is 3.21. The van der Waals surface area contributed by atoms with Gasteiger partial charge in [0.2, 0.25) is 0 Å². The van der Waals surface area contributed by atoms with Crippen molar-refractivity contribution in [2.24, 2.45) is 0 Å². The third kappa shape index (κ3) is 6.05. The van der Waals surface area contributed by atoms with Gasteiger partial charge in [-0.05, 0) is 61.1 Å². The number of nitrogens with zero attached hydrogens (tertiary/aromatic N) is 2. The Kier molecular flexibility index (Phi) is 8.75. The fourth-order valence-corrected chi connectivity index (χ4v) is 6.08. The smallest absolute Gasteiger partial charge is 0.418 e. The van der Waals surface area contributed by atoms with Crippen molar-refractivity contribution in [2.75, 3.05) is 26.4 Å². The lowest BCUT2D eigenvalue weighted by Crippen LogP contribution is -2.43. The molecule has 240 valence electrons. The molecule has 0 radical (unpaired) electrons. The number of carbonyl (C=O) groups excluding carboxylic acids is 2. The number of halogens is 3. The predicted octanol–water partition coefficient (Wildman–Crippen LogP) is 7.02. The van der Waals surface area contributed by atoms with E-state index in [1.807, 2.05) is 37.3 Å². The lowest BCUT2D eigenvalue weighted by atomic mass is 9.87. The van der Waals surface area contributed by atoms with Crippen LogP contribution in [0.1, 0.15) is 54.9 Å². The zero-order valence-electron chi connectivity index (χ0n) is 25.4. The summed E-state index contributed by atoms with van der Waals surface area (Å²) in [5.74, 6) is 1.20. The van der Waals surface area contributed by atoms with Gasteiger partial charge in [-0.25, -0.2) is 4.79 Å². The summed E-state index contributed by atoms with van der Waals surface area (Å²) in [6, 6.07) is 18.4. The third-order valence-corrected chi connectivity index (χ3v) is 8.48. The number of nitrogens with one attached hydrogen (secondary N) is 1. The molecular weight excluding hydrogens is 599 g/mol. The van der Waals surface area contributed by atoms with E-state index in [1.165, 1.54) is 17.2 Å². The lowest BCUT2D eigenvalue weighted by molar-refractivity contribution is -0.136. The van der Waals surface area contributed by atoms with Gasteiger partial charge < -0.3 is 19.5 Å². The topological polar surface area (TPSA) is 90.0 Å². The van der Waals surface area contributed by atoms with Crippen LogP contribution >= 0.6 is 0 Å². The Morgan fingerprint density at radius 3 is 2.50 bits per heavy atom. The van der Waals surface area contributed by atoms with Gasteiger partial charge in [-0.2, -0.15) is 13.2 Å². The first kappa shape index (κ1) is 31.2. The Morgan fingerprint density at radius 1 is 0.957 bits per heavy atom. The average molecular weight is 634 g/mol. The van der Waals surface area contributed by atoms with Crippen molar-refractivity contribution in [1.82, 2.24) is 15.2 Å². The normalized spacial score (nSPS) is 17.8. The van der Waals surface area contributed by atoms with Crippen LogP contribution in [0, 0.1) is 0 Å². The molecule has 8 nitrogen and oxygen atoms in total. The second kappa shape index (κ2) is 12.9. The summed E-state index contributed by atoms with van der Waals surface area (Å²) in [4.78, 5) is 32.0. The van der Waals surface area contributed by atoms with E-state index in [4.69, 9.17) is 14.2 Å². The second-order valence-electron chi connectivity index (χ2n) is 11.4. The predicted molar refractivity (Wildman–Crippen MR) is 165 cm³/mol. The largest absolute Gasteiger partial charge is 0.493 e. The van der Waals surface area contributed by atoms with E-state index in [0.29, 0.717) is 79.1 Å². The van der Waals surface area contributed by atoms with Crippen LogP contribution in [0.25, 0.3) is 10.9 Å². The fraction of sp³-hybridized carbons (Fsp3) is 0.343. The summed E-state index contributed by atoms with van der Waals surface area (Å²) in [6.07, 6.45) is -0.549. The quantitative estimate of drug-likeness (QED) is 0.141. The highest BCUT2D eigenvalue weighted by Gasteiger charge is 2.51. The van der Waals surface area contributed by atoms with Crippen LogP contribution in [0.15, 0.2) is 72.9 Å². The maximum absolute atomic E-state index is 13.8. The minimum atomic E-state index is -4.55. The van der Waals surface area contributed by atoms with Crippen LogP contribution in [0.2, 0.25) is 0 Å². The summed E-state index contributed by atoms with van der Waals surface area (Å²) >= 11 is 0. The van der Waals surface area contributed by atoms with Gasteiger partial charge in [0.25, 0.3) is 5.91 Å². The molecule has 1 atom stereocenters. The van der Waals surface area contributed by atoms with Crippen molar-refractivity contribution in [3.8, 4) is 17.2 Å². The molecule has 0 aliphatic carbocycles. The molecule has 1 N–H and O–H groups in total. The number of pyridine rings is 1. The first-order valence-corrected chi connectivity index (χ1v) is 15.4. The van der Waals surface area contributed by atoms with Gasteiger partial charge in [0.05, 0.1) is 17.7 Å². The van der Waals surface area contributed by atoms with E-state index in [0.717, 1.165) is 11.6 Å². The van der Waals surface area contributed by atoms with Crippen molar-refractivity contribution in [2.45, 2.75) is 50.7 Å². The molecule has 3 amide bonds. The number of fused-ring (bicyclic) bond motifs is 2. The van der Waals surface area contributed by atoms with Crippen LogP contribution in [0.5, 0.6) is 17.2 Å². The van der Waals surface area contributed by atoms with Gasteiger partial charge in [-0.3, -0.25) is 14.7 Å². The zero-order chi connectivity index (χ0) is 32.3. The molecule has 6 rings (SSSR count). The second-order valence-corrected chi connectivity index (χ2v) is 11.4. The molecule has 0 spiro atoms. The van der Waals surface area contributed by atoms with Crippen molar-refractivity contribution >= 4 is 22.8 Å². The summed E-state index contributed by atoms with van der Waals surface area (Å²) in [7, 11) is 0. The monoisotopic (exact) mass is 633 g/mol. The minimum absolute atomic E-state index is 0.155. The van der Waals surface area contributed by atoms with Crippen molar-refractivity contribution in [1.29, 1.82) is 0 Å². The van der Waals surface area contributed by atoms with Gasteiger partial charge in [0.1, 0.15) is 24.5 Å². The Bertz CT molecular complexity index is 1750. The highest BCUT2D eigenvalue weighted by Crippen LogP contribution is 2.40. The Hall–Kier alpha value is -4.80. The molecule has 2 aliphatic heterocycles. The first-order valence-electron chi connectivity index (χ1n) is 15.4. The van der Waals surface area contributed by atoms with E-state index in [-0.39, 0.29) is 24.6 Å². The van der Waals surface area contributed by atoms with Crippen molar-refractivity contribution in [3.63, 3.8) is 0 Å². The molecule has 2 aliphatic rings. The number of benzene rings is 3. The summed E-state index contributed by atoms with van der Waals surface area (Å²) in [6.45, 7) is 3.18. The minimum Gasteiger partial charge on any atom is -0.493 e. The molecule has 3 aromatic carbocycles. The number of unbranched alkanes of at least 4 members (excludes halogenated alkanes) is 2. The number of carbonyl (C=O) groups is 2. The molecule has 4 aromatic rings. The zero-order valence-corrected chi connectivity index (χ0v) is 25.4. The molecule has 1 unspecified atom stereocenters. The highest BCUT2D eigenvalue weighted by molar-refractivity contribution is 6.07. The van der Waals surface area contributed by atoms with Crippen LogP contribution in [-0.2, 0) is 22.9 Å². The Morgan fingerprint density at radius 2 is 1.74 bits per heavy atom. The molecule has 0 saturated carbocycles. The lowest BCUT2D eigenvalue weighted by Gasteiger charge is -2.27. The van der Waals surface area contributed by atoms with Gasteiger partial charge >= 0.3 is 12.2 Å². The van der Waals surface area contributed by atoms with E-state index >= 15 is 0 Å². The van der Waals surface area contributed by atoms with Gasteiger partial charge in [0, 0.05) is 30.1 Å². The van der Waals surface area contributed by atoms with Crippen LogP contribution < -0.4 is 19.5 Å². The molecule has 1 fully saturated rings. The Labute approximate surface area is 264 Å². The number of alkyl halides is 3. The number of hydrogen-bond acceptors (Lipinski definition) is 6. The maximum Gasteiger partial charge on any atom is 0.418 e. The van der Waals surface area contributed by atoms with Crippen LogP contribution in [-0.4, -0.2) is 48.2 Å². The number of amides is 3. The van der Waals surface area contributed by atoms with Gasteiger partial charge in [0.15, 0.2) is 11.5 Å². The molecule has 3 heterocycles. The SMILES string of the molecule is CCC1(c2ccc3c(c2)OCCO3)NC(=O)N(CCCCCOc2c(Cc3ccccc3)cnc3c(C(F)(F)F)cccc23)C1=O. The number of ether oxygens (including phenoxy) is 3. The highest BCUT2D eigenvalue weighted by atomic mass is 19.4. The fourth-order valence-electron chi connectivity index (χ4n) is 6.08. The van der Waals surface area contributed by atoms with Crippen LogP contribution in [0.3, 0.4) is 0 Å². The summed E-state index contributed by atoms with van der Waals surface area (Å²) in [5.41, 5.74) is 0.147. The number of hydrogen-bond donors (Lipinski definition) is 1. The van der Waals surface area contributed by atoms with Crippen LogP contribution in [0.4, 0.5) is 18.0 Å². The van der Waals surface area contributed by atoms with E-state index in [2.05, 4.69) is 10.3 Å². The number of urea groups is 1. The number of aromatic nitrogens is 1. The van der Waals surface area contributed by atoms with Crippen molar-refractivity contribution < 1.29 is 37.0 Å². The maximum atomic E-state index is 13.8. The molecule has 1 saturated heterocycles. The van der Waals surface area contributed by atoms with E-state index in [1.54, 1.807) is 24.3 Å². The molecule has 11 heteroatoms. The Balaban J connectivity index is 1.11. The third-order valence-electron chi connectivity index (χ3n) is 8.48. The first-order chi connectivity index (χ1) is 22.2. The number of para-hydroxylation sites is 1. The molecule has 0 bridgehead atoms. The van der Waals surface area contributed by atoms with E-state index < -0.39 is 23.3 Å². The van der Waals surface area contributed by atoms with Crippen molar-refractivity contribution in [3.05, 3.63) is 95.2 Å². The average Bonchev–Trinajstić information content (AvgIpc) is 3.31.